The first-order valence-corrected chi connectivity index (χ1v) is 8.42. The van der Waals surface area contributed by atoms with Crippen molar-refractivity contribution in [2.75, 3.05) is 7.05 Å². The fourth-order valence-electron chi connectivity index (χ4n) is 2.98. The highest BCUT2D eigenvalue weighted by Gasteiger charge is 2.14. The van der Waals surface area contributed by atoms with Gasteiger partial charge in [0.25, 0.3) is 0 Å². The highest BCUT2D eigenvalue weighted by molar-refractivity contribution is 6.08. The van der Waals surface area contributed by atoms with Crippen LogP contribution < -0.4 is 5.73 Å². The van der Waals surface area contributed by atoms with Gasteiger partial charge in [-0.25, -0.2) is 0 Å². The first-order chi connectivity index (χ1) is 11.5. The Morgan fingerprint density at radius 2 is 2.00 bits per heavy atom. The van der Waals surface area contributed by atoms with E-state index in [-0.39, 0.29) is 0 Å². The molecular formula is C21H27N3. The minimum absolute atomic E-state index is 0.300. The molecule has 0 fully saturated rings. The Morgan fingerprint density at radius 1 is 1.25 bits per heavy atom. The molecule has 1 aromatic heterocycles. The molecule has 0 saturated heterocycles. The lowest BCUT2D eigenvalue weighted by molar-refractivity contribution is 0.893. The lowest BCUT2D eigenvalue weighted by atomic mass is 9.88. The summed E-state index contributed by atoms with van der Waals surface area (Å²) in [6.07, 6.45) is 4.36. The molecule has 0 aliphatic heterocycles. The highest BCUT2D eigenvalue weighted by atomic mass is 14.7. The van der Waals surface area contributed by atoms with Crippen molar-refractivity contribution < 1.29 is 0 Å². The van der Waals surface area contributed by atoms with Crippen LogP contribution in [0.1, 0.15) is 53.4 Å². The molecule has 24 heavy (non-hydrogen) atoms. The molecule has 0 aliphatic rings. The molecule has 1 unspecified atom stereocenters. The third-order valence-electron chi connectivity index (χ3n) is 4.44. The molecule has 3 heteroatoms. The number of benzene rings is 1. The Hall–Kier alpha value is -2.42. The lowest BCUT2D eigenvalue weighted by Gasteiger charge is -2.18. The predicted octanol–water partition coefficient (Wildman–Crippen LogP) is 4.41. The van der Waals surface area contributed by atoms with Crippen LogP contribution in [0.2, 0.25) is 0 Å². The summed E-state index contributed by atoms with van der Waals surface area (Å²) < 4.78 is 0. The van der Waals surface area contributed by atoms with E-state index in [0.29, 0.717) is 5.92 Å². The molecule has 126 valence electrons. The zero-order valence-corrected chi connectivity index (χ0v) is 15.3. The van der Waals surface area contributed by atoms with Gasteiger partial charge in [0.15, 0.2) is 0 Å². The molecule has 0 radical (unpaired) electrons. The number of hydrogen-bond donors (Lipinski definition) is 1. The second kappa shape index (κ2) is 7.91. The van der Waals surface area contributed by atoms with E-state index in [2.05, 4.69) is 61.1 Å². The average molecular weight is 321 g/mol. The largest absolute Gasteiger partial charge is 0.404 e. The maximum absolute atomic E-state index is 5.75. The van der Waals surface area contributed by atoms with Gasteiger partial charge in [0.1, 0.15) is 0 Å². The van der Waals surface area contributed by atoms with Crippen LogP contribution in [0.25, 0.3) is 5.57 Å². The molecule has 2 aromatic rings. The Morgan fingerprint density at radius 3 is 2.62 bits per heavy atom. The van der Waals surface area contributed by atoms with Crippen molar-refractivity contribution in [2.45, 2.75) is 40.0 Å². The summed E-state index contributed by atoms with van der Waals surface area (Å²) in [5.74, 6) is 0.300. The number of pyridine rings is 1. The smallest absolute Gasteiger partial charge is 0.0737 e. The first kappa shape index (κ1) is 17.9. The zero-order chi connectivity index (χ0) is 17.7. The predicted molar refractivity (Wildman–Crippen MR) is 104 cm³/mol. The number of rotatable bonds is 5. The van der Waals surface area contributed by atoms with Gasteiger partial charge >= 0.3 is 0 Å². The Balaban J connectivity index is 2.50. The fraction of sp³-hybridized carbons (Fsp3) is 0.333. The second-order valence-corrected chi connectivity index (χ2v) is 6.20. The van der Waals surface area contributed by atoms with Gasteiger partial charge in [-0.1, -0.05) is 32.0 Å². The summed E-state index contributed by atoms with van der Waals surface area (Å²) in [4.78, 5) is 8.69. The minimum Gasteiger partial charge on any atom is -0.404 e. The average Bonchev–Trinajstić information content (AvgIpc) is 2.59. The Bertz CT molecular complexity index is 773. The van der Waals surface area contributed by atoms with E-state index >= 15 is 0 Å². The lowest BCUT2D eigenvalue weighted by Crippen LogP contribution is -2.04. The number of aromatic nitrogens is 1. The number of nitrogens with two attached hydrogens (primary N) is 1. The molecule has 0 saturated carbocycles. The number of nitrogens with zero attached hydrogens (tertiary/aromatic N) is 2. The summed E-state index contributed by atoms with van der Waals surface area (Å²) in [5.41, 5.74) is 13.8. The van der Waals surface area contributed by atoms with Gasteiger partial charge < -0.3 is 5.73 Å². The topological polar surface area (TPSA) is 51.3 Å². The van der Waals surface area contributed by atoms with E-state index in [1.54, 1.807) is 19.5 Å². The van der Waals surface area contributed by atoms with Crippen molar-refractivity contribution in [1.82, 2.24) is 4.98 Å². The van der Waals surface area contributed by atoms with E-state index in [1.165, 1.54) is 22.3 Å². The van der Waals surface area contributed by atoms with Crippen molar-refractivity contribution in [3.8, 4) is 0 Å². The van der Waals surface area contributed by atoms with Crippen molar-refractivity contribution in [2.24, 2.45) is 10.7 Å². The normalized spacial score (nSPS) is 13.5. The monoisotopic (exact) mass is 321 g/mol. The number of aliphatic imine (C=N–C) groups is 1. The van der Waals surface area contributed by atoms with Gasteiger partial charge in [-0.15, -0.1) is 0 Å². The third-order valence-corrected chi connectivity index (χ3v) is 4.44. The van der Waals surface area contributed by atoms with Crippen LogP contribution in [0, 0.1) is 13.8 Å². The van der Waals surface area contributed by atoms with Crippen molar-refractivity contribution in [1.29, 1.82) is 0 Å². The molecule has 0 bridgehead atoms. The first-order valence-electron chi connectivity index (χ1n) is 8.42. The number of allylic oxidation sites excluding steroid dienone is 1. The molecule has 1 atom stereocenters. The maximum Gasteiger partial charge on any atom is 0.0737 e. The molecule has 1 aromatic carbocycles. The van der Waals surface area contributed by atoms with E-state index < -0.39 is 0 Å². The van der Waals surface area contributed by atoms with Gasteiger partial charge in [-0.2, -0.15) is 0 Å². The van der Waals surface area contributed by atoms with Crippen LogP contribution in [0.3, 0.4) is 0 Å². The molecule has 0 aliphatic carbocycles. The summed E-state index contributed by atoms with van der Waals surface area (Å²) in [6.45, 7) is 8.64. The van der Waals surface area contributed by atoms with Gasteiger partial charge in [-0.05, 0) is 54.7 Å². The van der Waals surface area contributed by atoms with Crippen molar-refractivity contribution >= 4 is 11.8 Å². The Kier molecular flexibility index (Phi) is 5.91. The summed E-state index contributed by atoms with van der Waals surface area (Å²) in [6, 6.07) is 11.0. The summed E-state index contributed by atoms with van der Waals surface area (Å²) in [5, 5.41) is 0. The van der Waals surface area contributed by atoms with Gasteiger partial charge in [-0.3, -0.25) is 9.98 Å². The SMILES string of the molecule is CCc1ccc(C)c(C(C)c2cc(C)nc(C(C=NC)=CN)c2)c1. The van der Waals surface area contributed by atoms with Crippen LogP contribution in [-0.4, -0.2) is 18.2 Å². The summed E-state index contributed by atoms with van der Waals surface area (Å²) >= 11 is 0. The van der Waals surface area contributed by atoms with Crippen LogP contribution in [-0.2, 0) is 6.42 Å². The number of hydrogen-bond acceptors (Lipinski definition) is 3. The van der Waals surface area contributed by atoms with Crippen LogP contribution in [0.5, 0.6) is 0 Å². The van der Waals surface area contributed by atoms with Crippen molar-refractivity contribution in [3.05, 3.63) is 70.2 Å². The van der Waals surface area contributed by atoms with E-state index in [4.69, 9.17) is 5.73 Å². The fourth-order valence-corrected chi connectivity index (χ4v) is 2.98. The molecular weight excluding hydrogens is 294 g/mol. The molecule has 0 amide bonds. The molecule has 2 N–H and O–H groups in total. The van der Waals surface area contributed by atoms with E-state index in [9.17, 15) is 0 Å². The van der Waals surface area contributed by atoms with E-state index in [0.717, 1.165) is 23.4 Å². The Labute approximate surface area is 145 Å². The second-order valence-electron chi connectivity index (χ2n) is 6.20. The van der Waals surface area contributed by atoms with Crippen LogP contribution in [0.15, 0.2) is 41.5 Å². The minimum atomic E-state index is 0.300. The van der Waals surface area contributed by atoms with Gasteiger partial charge in [0, 0.05) is 36.6 Å². The highest BCUT2D eigenvalue weighted by Crippen LogP contribution is 2.29. The third kappa shape index (κ3) is 3.91. The molecule has 3 nitrogen and oxygen atoms in total. The zero-order valence-electron chi connectivity index (χ0n) is 15.3. The quantitative estimate of drug-likeness (QED) is 0.829. The molecule has 0 spiro atoms. The standard InChI is InChI=1S/C21H27N3/c1-6-17-8-7-14(2)20(10-17)16(4)18-9-15(3)24-21(11-18)19(12-22)13-23-5/h7-13,16H,6,22H2,1-5H3. The van der Waals surface area contributed by atoms with Crippen molar-refractivity contribution in [3.63, 3.8) is 0 Å². The van der Waals surface area contributed by atoms with E-state index in [1.807, 2.05) is 6.92 Å². The van der Waals surface area contributed by atoms with Crippen LogP contribution in [0.4, 0.5) is 0 Å². The molecule has 1 heterocycles. The summed E-state index contributed by atoms with van der Waals surface area (Å²) in [7, 11) is 1.74. The molecule has 2 rings (SSSR count). The van der Waals surface area contributed by atoms with Crippen LogP contribution >= 0.6 is 0 Å². The number of aryl methyl sites for hydroxylation is 3. The maximum atomic E-state index is 5.75. The van der Waals surface area contributed by atoms with Gasteiger partial charge in [0.05, 0.1) is 5.69 Å². The van der Waals surface area contributed by atoms with Gasteiger partial charge in [0.2, 0.25) is 0 Å².